The van der Waals surface area contributed by atoms with Crippen LogP contribution in [0.3, 0.4) is 0 Å². The van der Waals surface area contributed by atoms with Crippen LogP contribution < -0.4 is 5.32 Å². The highest BCUT2D eigenvalue weighted by Crippen LogP contribution is 2.36. The fourth-order valence-corrected chi connectivity index (χ4v) is 4.53. The van der Waals surface area contributed by atoms with Gasteiger partial charge in [-0.1, -0.05) is 78.0 Å². The van der Waals surface area contributed by atoms with E-state index >= 15 is 0 Å². The number of nitrogens with one attached hydrogen (secondary N) is 1. The summed E-state index contributed by atoms with van der Waals surface area (Å²) in [6.45, 7) is 2.26. The summed E-state index contributed by atoms with van der Waals surface area (Å²) < 4.78 is 5.61. The van der Waals surface area contributed by atoms with Gasteiger partial charge in [0.1, 0.15) is 0 Å². The minimum Gasteiger partial charge on any atom is -0.339 e. The summed E-state index contributed by atoms with van der Waals surface area (Å²) in [5.41, 5.74) is 2.36. The minimum atomic E-state index is 0. The van der Waals surface area contributed by atoms with E-state index in [9.17, 15) is 0 Å². The fourth-order valence-electron chi connectivity index (χ4n) is 4.53. The van der Waals surface area contributed by atoms with Gasteiger partial charge in [-0.2, -0.15) is 4.98 Å². The Labute approximate surface area is 183 Å². The molecule has 0 aliphatic heterocycles. The molecule has 154 valence electrons. The summed E-state index contributed by atoms with van der Waals surface area (Å²) in [4.78, 5) is 4.67. The number of halogens is 1. The highest BCUT2D eigenvalue weighted by Gasteiger charge is 2.31. The van der Waals surface area contributed by atoms with Gasteiger partial charge in [-0.15, -0.1) is 12.4 Å². The van der Waals surface area contributed by atoms with Gasteiger partial charge in [0.2, 0.25) is 11.7 Å². The van der Waals surface area contributed by atoms with E-state index in [-0.39, 0.29) is 12.4 Å². The lowest BCUT2D eigenvalue weighted by molar-refractivity contribution is 0.350. The van der Waals surface area contributed by atoms with Gasteiger partial charge >= 0.3 is 0 Å². The lowest BCUT2D eigenvalue weighted by atomic mass is 9.99. The van der Waals surface area contributed by atoms with Crippen LogP contribution in [-0.4, -0.2) is 16.2 Å². The van der Waals surface area contributed by atoms with Crippen molar-refractivity contribution in [2.24, 2.45) is 0 Å². The Morgan fingerprint density at radius 1 is 0.933 bits per heavy atom. The van der Waals surface area contributed by atoms with Gasteiger partial charge in [0, 0.05) is 23.6 Å². The third kappa shape index (κ3) is 4.11. The van der Waals surface area contributed by atoms with Crippen LogP contribution in [-0.2, 0) is 0 Å². The maximum Gasteiger partial charge on any atom is 0.230 e. The highest BCUT2D eigenvalue weighted by atomic mass is 35.5. The average molecular weight is 420 g/mol. The zero-order valence-electron chi connectivity index (χ0n) is 17.0. The Hall–Kier alpha value is -2.69. The molecule has 4 nitrogen and oxygen atoms in total. The number of benzene rings is 3. The van der Waals surface area contributed by atoms with Crippen LogP contribution in [0.1, 0.15) is 49.6 Å². The molecule has 5 rings (SSSR count). The molecule has 5 heteroatoms. The molecule has 0 bridgehead atoms. The molecule has 1 aliphatic carbocycles. The Kier molecular flexibility index (Phi) is 6.16. The van der Waals surface area contributed by atoms with Gasteiger partial charge in [0.05, 0.1) is 0 Å². The molecule has 2 unspecified atom stereocenters. The number of rotatable bonds is 5. The average Bonchev–Trinajstić information content (AvgIpc) is 3.43. The number of fused-ring (bicyclic) bond motifs is 1. The molecule has 1 N–H and O–H groups in total. The van der Waals surface area contributed by atoms with Gasteiger partial charge in [0.25, 0.3) is 0 Å². The van der Waals surface area contributed by atoms with E-state index in [2.05, 4.69) is 64.8 Å². The van der Waals surface area contributed by atoms with Crippen molar-refractivity contribution < 1.29 is 4.52 Å². The molecule has 1 heterocycles. The normalized spacial score (nSPS) is 19.5. The van der Waals surface area contributed by atoms with E-state index in [1.165, 1.54) is 16.3 Å². The molecule has 0 spiro atoms. The summed E-state index contributed by atoms with van der Waals surface area (Å²) in [5.74, 6) is 1.78. The first-order valence-corrected chi connectivity index (χ1v) is 10.4. The maximum atomic E-state index is 5.61. The first-order chi connectivity index (χ1) is 14.3. The van der Waals surface area contributed by atoms with Crippen molar-refractivity contribution in [3.63, 3.8) is 0 Å². The molecule has 0 amide bonds. The Bertz CT molecular complexity index is 1110. The minimum absolute atomic E-state index is 0. The topological polar surface area (TPSA) is 51.0 Å². The second-order valence-electron chi connectivity index (χ2n) is 7.99. The van der Waals surface area contributed by atoms with Crippen molar-refractivity contribution in [1.29, 1.82) is 0 Å². The number of hydrogen-bond donors (Lipinski definition) is 1. The molecule has 3 atom stereocenters. The van der Waals surface area contributed by atoms with Crippen LogP contribution in [0.5, 0.6) is 0 Å². The molecule has 1 aliphatic rings. The van der Waals surface area contributed by atoms with Gasteiger partial charge in [-0.3, -0.25) is 0 Å². The Morgan fingerprint density at radius 2 is 1.70 bits per heavy atom. The number of hydrogen-bond acceptors (Lipinski definition) is 4. The lowest BCUT2D eigenvalue weighted by Crippen LogP contribution is -2.29. The van der Waals surface area contributed by atoms with Gasteiger partial charge in [-0.25, -0.2) is 0 Å². The standard InChI is InChI=1S/C25H25N3O.ClH/c1-17(22-13-7-11-18-8-5-6-12-23(18)22)26-21-15-14-20(16-21)25-27-24(28-29-25)19-9-3-2-4-10-19;/h2-13,17,20-21,26H,14-16H2,1H3;1H/t17-,20?,21?;/m1./s1. The highest BCUT2D eigenvalue weighted by molar-refractivity contribution is 5.86. The Balaban J connectivity index is 0.00000218. The predicted molar refractivity (Wildman–Crippen MR) is 123 cm³/mol. The van der Waals surface area contributed by atoms with Crippen molar-refractivity contribution in [3.8, 4) is 11.4 Å². The third-order valence-electron chi connectivity index (χ3n) is 6.03. The fraction of sp³-hybridized carbons (Fsp3) is 0.280. The van der Waals surface area contributed by atoms with Crippen molar-refractivity contribution >= 4 is 23.2 Å². The third-order valence-corrected chi connectivity index (χ3v) is 6.03. The predicted octanol–water partition coefficient (Wildman–Crippen LogP) is 6.30. The van der Waals surface area contributed by atoms with E-state index in [4.69, 9.17) is 4.52 Å². The van der Waals surface area contributed by atoms with Crippen LogP contribution >= 0.6 is 12.4 Å². The molecule has 1 saturated carbocycles. The molecule has 3 aromatic carbocycles. The maximum absolute atomic E-state index is 5.61. The van der Waals surface area contributed by atoms with E-state index in [1.807, 2.05) is 30.3 Å². The smallest absolute Gasteiger partial charge is 0.230 e. The molecule has 30 heavy (non-hydrogen) atoms. The van der Waals surface area contributed by atoms with E-state index < -0.39 is 0 Å². The molecule has 0 radical (unpaired) electrons. The lowest BCUT2D eigenvalue weighted by Gasteiger charge is -2.21. The van der Waals surface area contributed by atoms with Gasteiger partial charge < -0.3 is 9.84 Å². The van der Waals surface area contributed by atoms with Crippen molar-refractivity contribution in [2.45, 2.75) is 44.2 Å². The summed E-state index contributed by atoms with van der Waals surface area (Å²) >= 11 is 0. The summed E-state index contributed by atoms with van der Waals surface area (Å²) in [6, 6.07) is 25.9. The molecule has 1 aromatic heterocycles. The van der Waals surface area contributed by atoms with Crippen LogP contribution in [0.2, 0.25) is 0 Å². The second-order valence-corrected chi connectivity index (χ2v) is 7.99. The second kappa shape index (κ2) is 8.99. The molecule has 0 saturated heterocycles. The summed E-state index contributed by atoms with van der Waals surface area (Å²) in [6.07, 6.45) is 3.24. The quantitative estimate of drug-likeness (QED) is 0.412. The monoisotopic (exact) mass is 419 g/mol. The van der Waals surface area contributed by atoms with E-state index in [0.717, 1.165) is 30.7 Å². The Morgan fingerprint density at radius 3 is 2.57 bits per heavy atom. The van der Waals surface area contributed by atoms with Crippen LogP contribution in [0, 0.1) is 0 Å². The summed E-state index contributed by atoms with van der Waals surface area (Å²) in [5, 5.41) is 10.6. The van der Waals surface area contributed by atoms with Gasteiger partial charge in [-0.05, 0) is 42.5 Å². The number of nitrogens with zero attached hydrogens (tertiary/aromatic N) is 2. The largest absolute Gasteiger partial charge is 0.339 e. The van der Waals surface area contributed by atoms with Crippen LogP contribution in [0.15, 0.2) is 77.3 Å². The zero-order valence-corrected chi connectivity index (χ0v) is 17.8. The van der Waals surface area contributed by atoms with Gasteiger partial charge in [0.15, 0.2) is 0 Å². The first kappa shape index (κ1) is 20.6. The van der Waals surface area contributed by atoms with E-state index in [0.29, 0.717) is 23.8 Å². The van der Waals surface area contributed by atoms with Crippen molar-refractivity contribution in [3.05, 3.63) is 84.3 Å². The molecule has 4 aromatic rings. The van der Waals surface area contributed by atoms with Crippen molar-refractivity contribution in [1.82, 2.24) is 15.5 Å². The zero-order chi connectivity index (χ0) is 19.6. The van der Waals surface area contributed by atoms with Crippen LogP contribution in [0.4, 0.5) is 0 Å². The van der Waals surface area contributed by atoms with E-state index in [1.54, 1.807) is 0 Å². The molecular formula is C25H26ClN3O. The van der Waals surface area contributed by atoms with Crippen molar-refractivity contribution in [2.75, 3.05) is 0 Å². The molecule has 1 fully saturated rings. The summed E-state index contributed by atoms with van der Waals surface area (Å²) in [7, 11) is 0. The first-order valence-electron chi connectivity index (χ1n) is 10.4. The number of aromatic nitrogens is 2. The van der Waals surface area contributed by atoms with Crippen LogP contribution in [0.25, 0.3) is 22.2 Å². The molecular weight excluding hydrogens is 394 g/mol. The SMILES string of the molecule is C[C@@H](NC1CCC(c2nc(-c3ccccc3)no2)C1)c1cccc2ccccc12.Cl.